The maximum atomic E-state index is 13.0. The Morgan fingerprint density at radius 3 is 2.29 bits per heavy atom. The first-order chi connectivity index (χ1) is 9.49. The van der Waals surface area contributed by atoms with Gasteiger partial charge in [0.25, 0.3) is 16.4 Å². The molecule has 0 aromatic carbocycles. The molecule has 0 bridgehead atoms. The molecule has 0 aliphatic rings. The first kappa shape index (κ1) is 17.5. The number of carbonyl (C=O) groups is 1. The van der Waals surface area contributed by atoms with Crippen molar-refractivity contribution in [2.45, 2.75) is 38.3 Å². The summed E-state index contributed by atoms with van der Waals surface area (Å²) in [5.41, 5.74) is -0.845. The molecule has 1 aromatic rings. The minimum Gasteiger partial charge on any atom is -0.480 e. The predicted octanol–water partition coefficient (Wildman–Crippen LogP) is 1.05. The van der Waals surface area contributed by atoms with Crippen molar-refractivity contribution in [2.75, 3.05) is 0 Å². The predicted molar refractivity (Wildman–Crippen MR) is 69.5 cm³/mol. The molecule has 0 fully saturated rings. The van der Waals surface area contributed by atoms with Crippen molar-refractivity contribution >= 4 is 16.0 Å². The largest absolute Gasteiger partial charge is 0.480 e. The standard InChI is InChI=1S/C11H17F2N3O4S/c1-5(2)8(11(17)18)15-21(19,20)10-7(9(12)13)6(3)14-16(10)4/h5,8-9,15H,1-4H3,(H,17,18)/t8-/m0/s1. The fourth-order valence-electron chi connectivity index (χ4n) is 1.92. The summed E-state index contributed by atoms with van der Waals surface area (Å²) in [6, 6.07) is -1.42. The van der Waals surface area contributed by atoms with Gasteiger partial charge in [-0.3, -0.25) is 9.48 Å². The highest BCUT2D eigenvalue weighted by Crippen LogP contribution is 2.29. The van der Waals surface area contributed by atoms with Gasteiger partial charge in [0, 0.05) is 7.05 Å². The zero-order valence-corrected chi connectivity index (χ0v) is 12.8. The Balaban J connectivity index is 3.35. The van der Waals surface area contributed by atoms with Crippen LogP contribution in [0.4, 0.5) is 8.78 Å². The number of nitrogens with zero attached hydrogens (tertiary/aromatic N) is 2. The minimum absolute atomic E-state index is 0.121. The van der Waals surface area contributed by atoms with Crippen LogP contribution < -0.4 is 4.72 Å². The molecule has 0 aliphatic heterocycles. The van der Waals surface area contributed by atoms with Crippen LogP contribution in [0, 0.1) is 12.8 Å². The summed E-state index contributed by atoms with van der Waals surface area (Å²) < 4.78 is 53.3. The Bertz CT molecular complexity index is 640. The van der Waals surface area contributed by atoms with Gasteiger partial charge in [0.1, 0.15) is 6.04 Å². The Kier molecular flexibility index (Phi) is 5.05. The van der Waals surface area contributed by atoms with E-state index in [0.29, 0.717) is 0 Å². The van der Waals surface area contributed by atoms with Crippen molar-refractivity contribution < 1.29 is 27.1 Å². The third-order valence-electron chi connectivity index (χ3n) is 2.90. The van der Waals surface area contributed by atoms with E-state index in [2.05, 4.69) is 5.10 Å². The van der Waals surface area contributed by atoms with E-state index < -0.39 is 45.0 Å². The molecule has 0 saturated heterocycles. The maximum Gasteiger partial charge on any atom is 0.322 e. The molecule has 0 radical (unpaired) electrons. The lowest BCUT2D eigenvalue weighted by molar-refractivity contribution is -0.140. The molecule has 7 nitrogen and oxygen atoms in total. The van der Waals surface area contributed by atoms with E-state index in [4.69, 9.17) is 5.11 Å². The Labute approximate surface area is 121 Å². The van der Waals surface area contributed by atoms with Crippen LogP contribution in [0.1, 0.15) is 31.5 Å². The van der Waals surface area contributed by atoms with Gasteiger partial charge in [0.2, 0.25) is 0 Å². The average molecular weight is 325 g/mol. The van der Waals surface area contributed by atoms with Crippen molar-refractivity contribution in [3.05, 3.63) is 11.3 Å². The van der Waals surface area contributed by atoms with Crippen molar-refractivity contribution in [3.63, 3.8) is 0 Å². The number of sulfonamides is 1. The van der Waals surface area contributed by atoms with Crippen LogP contribution in [-0.4, -0.2) is 35.3 Å². The fourth-order valence-corrected chi connectivity index (χ4v) is 3.65. The molecule has 1 heterocycles. The number of carboxylic acids is 1. The quantitative estimate of drug-likeness (QED) is 0.814. The summed E-state index contributed by atoms with van der Waals surface area (Å²) in [4.78, 5) is 11.1. The van der Waals surface area contributed by atoms with Crippen molar-refractivity contribution in [1.82, 2.24) is 14.5 Å². The van der Waals surface area contributed by atoms with Crippen molar-refractivity contribution in [1.29, 1.82) is 0 Å². The van der Waals surface area contributed by atoms with Gasteiger partial charge in [0.15, 0.2) is 5.03 Å². The molecule has 0 spiro atoms. The first-order valence-corrected chi connectivity index (χ1v) is 7.54. The highest BCUT2D eigenvalue weighted by molar-refractivity contribution is 7.89. The molecule has 1 atom stereocenters. The number of halogens is 2. The van der Waals surface area contributed by atoms with Crippen LogP contribution in [0.5, 0.6) is 0 Å². The first-order valence-electron chi connectivity index (χ1n) is 6.05. The molecule has 10 heteroatoms. The van der Waals surface area contributed by atoms with Gasteiger partial charge in [-0.15, -0.1) is 0 Å². The Hall–Kier alpha value is -1.55. The van der Waals surface area contributed by atoms with Crippen molar-refractivity contribution in [3.8, 4) is 0 Å². The third-order valence-corrected chi connectivity index (χ3v) is 4.46. The monoisotopic (exact) mass is 325 g/mol. The highest BCUT2D eigenvalue weighted by atomic mass is 32.2. The number of nitrogens with one attached hydrogen (secondary N) is 1. The van der Waals surface area contributed by atoms with Crippen molar-refractivity contribution in [2.24, 2.45) is 13.0 Å². The molecule has 1 rings (SSSR count). The zero-order valence-electron chi connectivity index (χ0n) is 12.0. The summed E-state index contributed by atoms with van der Waals surface area (Å²) in [6.45, 7) is 4.27. The van der Waals surface area contributed by atoms with Gasteiger partial charge in [-0.1, -0.05) is 13.8 Å². The second-order valence-corrected chi connectivity index (χ2v) is 6.54. The van der Waals surface area contributed by atoms with E-state index in [-0.39, 0.29) is 5.69 Å². The van der Waals surface area contributed by atoms with E-state index in [1.807, 2.05) is 4.72 Å². The van der Waals surface area contributed by atoms with E-state index >= 15 is 0 Å². The summed E-state index contributed by atoms with van der Waals surface area (Å²) in [6.07, 6.45) is -3.03. The van der Waals surface area contributed by atoms with Crippen LogP contribution in [-0.2, 0) is 21.9 Å². The second-order valence-electron chi connectivity index (χ2n) is 4.91. The summed E-state index contributed by atoms with van der Waals surface area (Å²) in [5.74, 6) is -1.94. The number of aromatic nitrogens is 2. The maximum absolute atomic E-state index is 13.0. The number of aryl methyl sites for hydroxylation is 2. The lowest BCUT2D eigenvalue weighted by atomic mass is 10.1. The zero-order chi connectivity index (χ0) is 16.5. The number of hydrogen-bond donors (Lipinski definition) is 2. The van der Waals surface area contributed by atoms with Gasteiger partial charge in [-0.05, 0) is 12.8 Å². The number of aliphatic carboxylic acids is 1. The molecular formula is C11H17F2N3O4S. The molecule has 2 N–H and O–H groups in total. The van der Waals surface area contributed by atoms with Crippen LogP contribution >= 0.6 is 0 Å². The summed E-state index contributed by atoms with van der Waals surface area (Å²) >= 11 is 0. The van der Waals surface area contributed by atoms with E-state index in [9.17, 15) is 22.0 Å². The Morgan fingerprint density at radius 1 is 1.38 bits per heavy atom. The fraction of sp³-hybridized carbons (Fsp3) is 0.636. The van der Waals surface area contributed by atoms with E-state index in [1.165, 1.54) is 27.8 Å². The van der Waals surface area contributed by atoms with Crippen LogP contribution in [0.15, 0.2) is 5.03 Å². The average Bonchev–Trinajstić information content (AvgIpc) is 2.61. The van der Waals surface area contributed by atoms with Crippen LogP contribution in [0.3, 0.4) is 0 Å². The molecule has 0 unspecified atom stereocenters. The van der Waals surface area contributed by atoms with Crippen LogP contribution in [0.2, 0.25) is 0 Å². The van der Waals surface area contributed by atoms with E-state index in [1.54, 1.807) is 0 Å². The van der Waals surface area contributed by atoms with E-state index in [0.717, 1.165) is 4.68 Å². The Morgan fingerprint density at radius 2 is 1.90 bits per heavy atom. The lowest BCUT2D eigenvalue weighted by Crippen LogP contribution is -2.44. The molecule has 0 amide bonds. The number of rotatable bonds is 6. The summed E-state index contributed by atoms with van der Waals surface area (Å²) in [5, 5.41) is 12.0. The topological polar surface area (TPSA) is 101 Å². The number of carboxylic acid groups (broad SMARTS) is 1. The normalized spacial score (nSPS) is 13.9. The smallest absolute Gasteiger partial charge is 0.322 e. The van der Waals surface area contributed by atoms with Gasteiger partial charge >= 0.3 is 5.97 Å². The van der Waals surface area contributed by atoms with Crippen LogP contribution in [0.25, 0.3) is 0 Å². The van der Waals surface area contributed by atoms with Gasteiger partial charge in [-0.25, -0.2) is 17.2 Å². The summed E-state index contributed by atoms with van der Waals surface area (Å²) in [7, 11) is -3.24. The SMILES string of the molecule is Cc1nn(C)c(S(=O)(=O)N[C@H](C(=O)O)C(C)C)c1C(F)F. The second kappa shape index (κ2) is 6.06. The molecule has 21 heavy (non-hydrogen) atoms. The minimum atomic E-state index is -4.45. The molecular weight excluding hydrogens is 308 g/mol. The van der Waals surface area contributed by atoms with Gasteiger partial charge < -0.3 is 5.11 Å². The van der Waals surface area contributed by atoms with Gasteiger partial charge in [0.05, 0.1) is 11.3 Å². The third kappa shape index (κ3) is 3.56. The molecule has 120 valence electrons. The lowest BCUT2D eigenvalue weighted by Gasteiger charge is -2.18. The molecule has 1 aromatic heterocycles. The number of hydrogen-bond acceptors (Lipinski definition) is 4. The molecule has 0 saturated carbocycles. The highest BCUT2D eigenvalue weighted by Gasteiger charge is 2.34. The number of alkyl halides is 2. The van der Waals surface area contributed by atoms with Gasteiger partial charge in [-0.2, -0.15) is 9.82 Å². The molecule has 0 aliphatic carbocycles.